The van der Waals surface area contributed by atoms with Gasteiger partial charge in [0, 0.05) is 13.5 Å². The van der Waals surface area contributed by atoms with Crippen molar-refractivity contribution in [1.29, 1.82) is 0 Å². The molecule has 2 rings (SSSR count). The van der Waals surface area contributed by atoms with E-state index in [-0.39, 0.29) is 6.04 Å². The van der Waals surface area contributed by atoms with E-state index in [1.54, 1.807) is 6.07 Å². The molecule has 0 aromatic carbocycles. The molecule has 0 bridgehead atoms. The maximum absolute atomic E-state index is 5.77. The third kappa shape index (κ3) is 2.61. The maximum Gasteiger partial charge on any atom is 0.193 e. The number of aromatic nitrogens is 2. The molecule has 2 heterocycles. The summed E-state index contributed by atoms with van der Waals surface area (Å²) >= 11 is 9.30. The Bertz CT molecular complexity index is 551. The molecule has 0 fully saturated rings. The summed E-state index contributed by atoms with van der Waals surface area (Å²) in [7, 11) is 1.90. The van der Waals surface area contributed by atoms with Crippen LogP contribution in [0.25, 0.3) is 0 Å². The van der Waals surface area contributed by atoms with Crippen LogP contribution in [0.15, 0.2) is 21.0 Å². The number of hydrogen-bond donors (Lipinski definition) is 2. The van der Waals surface area contributed by atoms with Crippen molar-refractivity contribution in [3.8, 4) is 0 Å². The zero-order chi connectivity index (χ0) is 13.3. The van der Waals surface area contributed by atoms with Gasteiger partial charge in [-0.2, -0.15) is 5.10 Å². The summed E-state index contributed by atoms with van der Waals surface area (Å²) in [5.74, 6) is 6.27. The van der Waals surface area contributed by atoms with Gasteiger partial charge in [0.2, 0.25) is 0 Å². The summed E-state index contributed by atoms with van der Waals surface area (Å²) in [6.45, 7) is 1.95. The van der Waals surface area contributed by atoms with Gasteiger partial charge in [0.15, 0.2) is 5.22 Å². The number of nitrogens with zero attached hydrogens (tertiary/aromatic N) is 2. The molecule has 0 saturated carbocycles. The van der Waals surface area contributed by atoms with Crippen LogP contribution < -0.4 is 11.3 Å². The van der Waals surface area contributed by atoms with E-state index in [9.17, 15) is 0 Å². The summed E-state index contributed by atoms with van der Waals surface area (Å²) in [5.41, 5.74) is 4.72. The fourth-order valence-electron chi connectivity index (χ4n) is 1.85. The number of aryl methyl sites for hydroxylation is 2. The second-order valence-electron chi connectivity index (χ2n) is 4.03. The maximum atomic E-state index is 5.77. The summed E-state index contributed by atoms with van der Waals surface area (Å²) in [4.78, 5) is 0. The van der Waals surface area contributed by atoms with Crippen molar-refractivity contribution in [2.45, 2.75) is 19.4 Å². The molecule has 1 atom stereocenters. The molecule has 0 spiro atoms. The summed E-state index contributed by atoms with van der Waals surface area (Å²) in [6.07, 6.45) is 0.651. The van der Waals surface area contributed by atoms with Crippen molar-refractivity contribution in [3.05, 3.63) is 39.0 Å². The number of nitrogens with one attached hydrogen (secondary N) is 1. The molecule has 7 heteroatoms. The van der Waals surface area contributed by atoms with Gasteiger partial charge < -0.3 is 4.42 Å². The molecule has 1 unspecified atom stereocenters. The van der Waals surface area contributed by atoms with Crippen molar-refractivity contribution in [2.75, 3.05) is 0 Å². The minimum atomic E-state index is -0.149. The molecule has 0 radical (unpaired) electrons. The first-order valence-electron chi connectivity index (χ1n) is 5.42. The SMILES string of the molecule is Cc1nn(C)c(CC(NN)c2ccc(Cl)o2)c1Br. The van der Waals surface area contributed by atoms with Crippen LogP contribution in [0.1, 0.15) is 23.2 Å². The number of hydrazine groups is 1. The van der Waals surface area contributed by atoms with Crippen LogP contribution in [-0.2, 0) is 13.5 Å². The van der Waals surface area contributed by atoms with Crippen molar-refractivity contribution >= 4 is 27.5 Å². The minimum absolute atomic E-state index is 0.149. The third-order valence-electron chi connectivity index (χ3n) is 2.80. The van der Waals surface area contributed by atoms with Gasteiger partial charge in [0.25, 0.3) is 0 Å². The highest BCUT2D eigenvalue weighted by atomic mass is 79.9. The van der Waals surface area contributed by atoms with Crippen LogP contribution in [0.3, 0.4) is 0 Å². The molecule has 0 aliphatic carbocycles. The Morgan fingerprint density at radius 1 is 1.61 bits per heavy atom. The first-order valence-corrected chi connectivity index (χ1v) is 6.59. The molecule has 98 valence electrons. The molecule has 0 saturated heterocycles. The highest BCUT2D eigenvalue weighted by molar-refractivity contribution is 9.10. The van der Waals surface area contributed by atoms with Crippen LogP contribution >= 0.6 is 27.5 Å². The Balaban J connectivity index is 2.25. The summed E-state index contributed by atoms with van der Waals surface area (Å²) in [6, 6.07) is 3.36. The Morgan fingerprint density at radius 3 is 2.78 bits per heavy atom. The van der Waals surface area contributed by atoms with E-state index in [4.69, 9.17) is 21.9 Å². The Kier molecular flexibility index (Phi) is 4.11. The number of furan rings is 1. The second kappa shape index (κ2) is 5.44. The van der Waals surface area contributed by atoms with E-state index in [0.29, 0.717) is 17.4 Å². The van der Waals surface area contributed by atoms with Gasteiger partial charge in [-0.25, -0.2) is 5.43 Å². The van der Waals surface area contributed by atoms with Crippen LogP contribution in [0.4, 0.5) is 0 Å². The molecule has 3 N–H and O–H groups in total. The number of nitrogens with two attached hydrogens (primary N) is 1. The first kappa shape index (κ1) is 13.6. The predicted molar refractivity (Wildman–Crippen MR) is 73.1 cm³/mol. The number of hydrogen-bond acceptors (Lipinski definition) is 4. The standard InChI is InChI=1S/C11H14BrClN4O/c1-6-11(12)8(17(2)16-6)5-7(15-14)9-3-4-10(13)18-9/h3-4,7,15H,5,14H2,1-2H3. The molecule has 2 aromatic rings. The van der Waals surface area contributed by atoms with Crippen molar-refractivity contribution in [3.63, 3.8) is 0 Å². The smallest absolute Gasteiger partial charge is 0.193 e. The average molecular weight is 334 g/mol. The predicted octanol–water partition coefficient (Wildman–Crippen LogP) is 2.48. The zero-order valence-electron chi connectivity index (χ0n) is 10.1. The number of rotatable bonds is 4. The molecular formula is C11H14BrClN4O. The average Bonchev–Trinajstić information content (AvgIpc) is 2.84. The van der Waals surface area contributed by atoms with Crippen molar-refractivity contribution in [2.24, 2.45) is 12.9 Å². The normalized spacial score (nSPS) is 12.9. The molecule has 18 heavy (non-hydrogen) atoms. The Morgan fingerprint density at radius 2 is 2.33 bits per heavy atom. The van der Waals surface area contributed by atoms with Gasteiger partial charge in [-0.1, -0.05) is 0 Å². The van der Waals surface area contributed by atoms with E-state index in [2.05, 4.69) is 26.5 Å². The van der Waals surface area contributed by atoms with Gasteiger partial charge in [-0.05, 0) is 46.6 Å². The van der Waals surface area contributed by atoms with Crippen LogP contribution in [-0.4, -0.2) is 9.78 Å². The highest BCUT2D eigenvalue weighted by Crippen LogP contribution is 2.27. The van der Waals surface area contributed by atoms with Gasteiger partial charge in [-0.3, -0.25) is 10.5 Å². The van der Waals surface area contributed by atoms with Crippen molar-refractivity contribution < 1.29 is 4.42 Å². The van der Waals surface area contributed by atoms with E-state index in [1.165, 1.54) is 0 Å². The van der Waals surface area contributed by atoms with Gasteiger partial charge >= 0.3 is 0 Å². The lowest BCUT2D eigenvalue weighted by atomic mass is 10.1. The zero-order valence-corrected chi connectivity index (χ0v) is 12.4. The van der Waals surface area contributed by atoms with Crippen LogP contribution in [0.5, 0.6) is 0 Å². The summed E-state index contributed by atoms with van der Waals surface area (Å²) < 4.78 is 8.19. The van der Waals surface area contributed by atoms with E-state index in [0.717, 1.165) is 15.9 Å². The van der Waals surface area contributed by atoms with Crippen LogP contribution in [0.2, 0.25) is 5.22 Å². The highest BCUT2D eigenvalue weighted by Gasteiger charge is 2.19. The molecule has 0 amide bonds. The quantitative estimate of drug-likeness (QED) is 0.666. The molecule has 2 aromatic heterocycles. The fourth-order valence-corrected chi connectivity index (χ4v) is 2.50. The lowest BCUT2D eigenvalue weighted by Crippen LogP contribution is -2.29. The molecule has 0 aliphatic rings. The van der Waals surface area contributed by atoms with E-state index in [1.807, 2.05) is 24.7 Å². The van der Waals surface area contributed by atoms with Crippen LogP contribution in [0, 0.1) is 6.92 Å². The lowest BCUT2D eigenvalue weighted by molar-refractivity contribution is 0.410. The minimum Gasteiger partial charge on any atom is -0.448 e. The second-order valence-corrected chi connectivity index (χ2v) is 5.20. The third-order valence-corrected chi connectivity index (χ3v) is 4.03. The fraction of sp³-hybridized carbons (Fsp3) is 0.364. The van der Waals surface area contributed by atoms with Gasteiger partial charge in [0.05, 0.1) is 21.9 Å². The number of halogens is 2. The Labute approximate surface area is 118 Å². The molecular weight excluding hydrogens is 320 g/mol. The monoisotopic (exact) mass is 332 g/mol. The van der Waals surface area contributed by atoms with Gasteiger partial charge in [-0.15, -0.1) is 0 Å². The van der Waals surface area contributed by atoms with Crippen molar-refractivity contribution in [1.82, 2.24) is 15.2 Å². The molecule has 5 nitrogen and oxygen atoms in total. The lowest BCUT2D eigenvalue weighted by Gasteiger charge is -2.13. The van der Waals surface area contributed by atoms with E-state index < -0.39 is 0 Å². The topological polar surface area (TPSA) is 69.0 Å². The van der Waals surface area contributed by atoms with Gasteiger partial charge in [0.1, 0.15) is 5.76 Å². The summed E-state index contributed by atoms with van der Waals surface area (Å²) in [5, 5.41) is 4.69. The largest absolute Gasteiger partial charge is 0.448 e. The Hall–Kier alpha value is -0.820. The molecule has 0 aliphatic heterocycles. The van der Waals surface area contributed by atoms with E-state index >= 15 is 0 Å². The first-order chi connectivity index (χ1) is 8.52.